The van der Waals surface area contributed by atoms with E-state index in [1.165, 1.54) is 12.5 Å². The standard InChI is InChI=1S/C18H22FNO2/c19-14-3-1-2-4-15(14)20-16(21)10-17-6-12-5-13(7-17)9-18(22,8-12)11-17/h1-4,12-13,22H,5-11H2,(H,20,21)/t12-,13+,17?,18?. The van der Waals surface area contributed by atoms with Crippen LogP contribution in [0.25, 0.3) is 0 Å². The molecule has 118 valence electrons. The lowest BCUT2D eigenvalue weighted by Gasteiger charge is -2.60. The molecule has 4 aliphatic carbocycles. The third kappa shape index (κ3) is 2.43. The van der Waals surface area contributed by atoms with E-state index in [9.17, 15) is 14.3 Å². The average molecular weight is 303 g/mol. The van der Waals surface area contributed by atoms with Crippen molar-refractivity contribution in [2.45, 2.75) is 50.5 Å². The van der Waals surface area contributed by atoms with Gasteiger partial charge in [-0.15, -0.1) is 0 Å². The van der Waals surface area contributed by atoms with Crippen LogP contribution in [0.2, 0.25) is 0 Å². The smallest absolute Gasteiger partial charge is 0.225 e. The Morgan fingerprint density at radius 1 is 1.23 bits per heavy atom. The van der Waals surface area contributed by atoms with Crippen LogP contribution in [0.5, 0.6) is 0 Å². The normalized spacial score (nSPS) is 39.0. The number of carbonyl (C=O) groups is 1. The molecule has 0 saturated heterocycles. The number of halogens is 1. The van der Waals surface area contributed by atoms with Gasteiger partial charge in [-0.3, -0.25) is 4.79 Å². The highest BCUT2D eigenvalue weighted by molar-refractivity contribution is 5.91. The van der Waals surface area contributed by atoms with E-state index in [2.05, 4.69) is 5.32 Å². The quantitative estimate of drug-likeness (QED) is 0.898. The first kappa shape index (κ1) is 14.2. The topological polar surface area (TPSA) is 49.3 Å². The molecule has 0 spiro atoms. The lowest BCUT2D eigenvalue weighted by Crippen LogP contribution is -2.56. The molecule has 4 fully saturated rings. The van der Waals surface area contributed by atoms with Gasteiger partial charge in [0.05, 0.1) is 11.3 Å². The SMILES string of the molecule is O=C(CC12C[C@@H]3C[C@@H](CC(O)(C3)C1)C2)Nc1ccccc1F. The molecular formula is C18H22FNO2. The Labute approximate surface area is 129 Å². The molecule has 4 aliphatic rings. The summed E-state index contributed by atoms with van der Waals surface area (Å²) >= 11 is 0. The molecule has 4 heteroatoms. The molecule has 22 heavy (non-hydrogen) atoms. The molecule has 0 aromatic heterocycles. The van der Waals surface area contributed by atoms with Gasteiger partial charge in [-0.05, 0) is 67.9 Å². The van der Waals surface area contributed by atoms with Gasteiger partial charge < -0.3 is 10.4 Å². The number of para-hydroxylation sites is 1. The fourth-order valence-corrected chi connectivity index (χ4v) is 5.71. The number of hydrogen-bond acceptors (Lipinski definition) is 2. The Bertz CT molecular complexity index is 601. The molecule has 5 rings (SSSR count). The third-order valence-electron chi connectivity index (χ3n) is 5.83. The minimum atomic E-state index is -0.553. The van der Waals surface area contributed by atoms with Crippen molar-refractivity contribution in [2.24, 2.45) is 17.3 Å². The summed E-state index contributed by atoms with van der Waals surface area (Å²) in [5.41, 5.74) is -0.382. The van der Waals surface area contributed by atoms with Crippen molar-refractivity contribution in [2.75, 3.05) is 5.32 Å². The maximum Gasteiger partial charge on any atom is 0.225 e. The second-order valence-corrected chi connectivity index (χ2v) is 7.89. The van der Waals surface area contributed by atoms with E-state index in [0.717, 1.165) is 32.1 Å². The van der Waals surface area contributed by atoms with E-state index < -0.39 is 11.4 Å². The van der Waals surface area contributed by atoms with Crippen LogP contribution < -0.4 is 5.32 Å². The van der Waals surface area contributed by atoms with Crippen molar-refractivity contribution >= 4 is 11.6 Å². The van der Waals surface area contributed by atoms with E-state index >= 15 is 0 Å². The van der Waals surface area contributed by atoms with Crippen LogP contribution >= 0.6 is 0 Å². The summed E-state index contributed by atoms with van der Waals surface area (Å²) in [5, 5.41) is 13.4. The molecule has 0 heterocycles. The monoisotopic (exact) mass is 303 g/mol. The first-order valence-electron chi connectivity index (χ1n) is 8.22. The minimum absolute atomic E-state index is 0.0752. The molecule has 2 unspecified atom stereocenters. The maximum absolute atomic E-state index is 13.7. The van der Waals surface area contributed by atoms with Gasteiger partial charge in [-0.25, -0.2) is 4.39 Å². The number of nitrogens with one attached hydrogen (secondary N) is 1. The Balaban J connectivity index is 1.49. The van der Waals surface area contributed by atoms with Crippen LogP contribution in [0.1, 0.15) is 44.9 Å². The summed E-state index contributed by atoms with van der Waals surface area (Å²) in [5.74, 6) is 0.593. The van der Waals surface area contributed by atoms with Crippen LogP contribution in [-0.4, -0.2) is 16.6 Å². The summed E-state index contributed by atoms with van der Waals surface area (Å²) in [4.78, 5) is 12.4. The molecular weight excluding hydrogens is 281 g/mol. The highest BCUT2D eigenvalue weighted by Crippen LogP contribution is 2.62. The molecule has 0 radical (unpaired) electrons. The zero-order chi connectivity index (χ0) is 15.4. The number of anilines is 1. The maximum atomic E-state index is 13.7. The van der Waals surface area contributed by atoms with Gasteiger partial charge in [-0.1, -0.05) is 12.1 Å². The Kier molecular flexibility index (Phi) is 3.09. The predicted octanol–water partition coefficient (Wildman–Crippen LogP) is 3.49. The number of amides is 1. The zero-order valence-electron chi connectivity index (χ0n) is 12.6. The summed E-state index contributed by atoms with van der Waals surface area (Å²) in [7, 11) is 0. The Morgan fingerprint density at radius 2 is 1.91 bits per heavy atom. The largest absolute Gasteiger partial charge is 0.390 e. The van der Waals surface area contributed by atoms with Crippen molar-refractivity contribution in [1.29, 1.82) is 0 Å². The molecule has 4 bridgehead atoms. The summed E-state index contributed by atoms with van der Waals surface area (Å²) in [6.45, 7) is 0. The van der Waals surface area contributed by atoms with Crippen molar-refractivity contribution in [3.8, 4) is 0 Å². The van der Waals surface area contributed by atoms with Crippen LogP contribution in [0.4, 0.5) is 10.1 Å². The molecule has 3 nitrogen and oxygen atoms in total. The molecule has 0 aliphatic heterocycles. The highest BCUT2D eigenvalue weighted by Gasteiger charge is 2.57. The second-order valence-electron chi connectivity index (χ2n) is 7.89. The van der Waals surface area contributed by atoms with Gasteiger partial charge in [0.2, 0.25) is 5.91 Å². The Hall–Kier alpha value is -1.42. The van der Waals surface area contributed by atoms with E-state index in [4.69, 9.17) is 0 Å². The van der Waals surface area contributed by atoms with E-state index in [-0.39, 0.29) is 17.0 Å². The predicted molar refractivity (Wildman–Crippen MR) is 81.7 cm³/mol. The van der Waals surface area contributed by atoms with Crippen molar-refractivity contribution in [1.82, 2.24) is 0 Å². The van der Waals surface area contributed by atoms with Gasteiger partial charge in [0.25, 0.3) is 0 Å². The van der Waals surface area contributed by atoms with Crippen molar-refractivity contribution in [3.63, 3.8) is 0 Å². The van der Waals surface area contributed by atoms with E-state index in [0.29, 0.717) is 18.3 Å². The minimum Gasteiger partial charge on any atom is -0.390 e. The third-order valence-corrected chi connectivity index (χ3v) is 5.83. The number of aliphatic hydroxyl groups is 1. The van der Waals surface area contributed by atoms with Gasteiger partial charge >= 0.3 is 0 Å². The van der Waals surface area contributed by atoms with Gasteiger partial charge in [0.1, 0.15) is 5.82 Å². The summed E-state index contributed by atoms with van der Waals surface area (Å²) in [6.07, 6.45) is 6.22. The number of benzene rings is 1. The van der Waals surface area contributed by atoms with Gasteiger partial charge in [0.15, 0.2) is 0 Å². The molecule has 1 aromatic rings. The fourth-order valence-electron chi connectivity index (χ4n) is 5.71. The molecule has 2 N–H and O–H groups in total. The molecule has 4 saturated carbocycles. The van der Waals surface area contributed by atoms with Gasteiger partial charge in [0, 0.05) is 6.42 Å². The molecule has 1 amide bonds. The second kappa shape index (κ2) is 4.79. The summed E-state index contributed by atoms with van der Waals surface area (Å²) < 4.78 is 13.7. The zero-order valence-corrected chi connectivity index (χ0v) is 12.6. The highest BCUT2D eigenvalue weighted by atomic mass is 19.1. The molecule has 1 aromatic carbocycles. The molecule has 4 atom stereocenters. The van der Waals surface area contributed by atoms with Crippen molar-refractivity contribution < 1.29 is 14.3 Å². The first-order chi connectivity index (χ1) is 10.5. The number of carbonyl (C=O) groups excluding carboxylic acids is 1. The number of hydrogen-bond donors (Lipinski definition) is 2. The summed E-state index contributed by atoms with van der Waals surface area (Å²) in [6, 6.07) is 6.26. The van der Waals surface area contributed by atoms with E-state index in [1.54, 1.807) is 18.2 Å². The lowest BCUT2D eigenvalue weighted by molar-refractivity contribution is -0.167. The first-order valence-corrected chi connectivity index (χ1v) is 8.22. The van der Waals surface area contributed by atoms with Crippen LogP contribution in [0, 0.1) is 23.1 Å². The number of rotatable bonds is 3. The van der Waals surface area contributed by atoms with Crippen LogP contribution in [-0.2, 0) is 4.79 Å². The van der Waals surface area contributed by atoms with E-state index in [1.807, 2.05) is 0 Å². The fraction of sp³-hybridized carbons (Fsp3) is 0.611. The average Bonchev–Trinajstić information content (AvgIpc) is 2.37. The van der Waals surface area contributed by atoms with Crippen molar-refractivity contribution in [3.05, 3.63) is 30.1 Å². The lowest BCUT2D eigenvalue weighted by atomic mass is 9.47. The van der Waals surface area contributed by atoms with Gasteiger partial charge in [-0.2, -0.15) is 0 Å². The van der Waals surface area contributed by atoms with Crippen LogP contribution in [0.15, 0.2) is 24.3 Å². The Morgan fingerprint density at radius 3 is 2.55 bits per heavy atom. The van der Waals surface area contributed by atoms with Crippen LogP contribution in [0.3, 0.4) is 0 Å².